The lowest BCUT2D eigenvalue weighted by Gasteiger charge is -2.34. The third-order valence-corrected chi connectivity index (χ3v) is 5.96. The number of aromatic nitrogens is 4. The first-order valence-electron chi connectivity index (χ1n) is 9.63. The van der Waals surface area contributed by atoms with E-state index in [1.807, 2.05) is 41.3 Å². The number of carbonyl (C=O) groups is 2. The van der Waals surface area contributed by atoms with Gasteiger partial charge >= 0.3 is 0 Å². The van der Waals surface area contributed by atoms with Gasteiger partial charge in [-0.15, -0.1) is 10.2 Å². The number of aryl methyl sites for hydroxylation is 1. The number of para-hydroxylation sites is 1. The lowest BCUT2D eigenvalue weighted by Crippen LogP contribution is -2.42. The number of benzene rings is 1. The summed E-state index contributed by atoms with van der Waals surface area (Å²) in [5, 5.41) is 10.6. The van der Waals surface area contributed by atoms with Crippen LogP contribution < -0.4 is 5.32 Å². The van der Waals surface area contributed by atoms with Crippen molar-refractivity contribution in [3.05, 3.63) is 72.6 Å². The van der Waals surface area contributed by atoms with Gasteiger partial charge in [0, 0.05) is 37.6 Å². The summed E-state index contributed by atoms with van der Waals surface area (Å²) in [5.74, 6) is -0.0525. The van der Waals surface area contributed by atoms with Gasteiger partial charge in [-0.25, -0.2) is 0 Å². The van der Waals surface area contributed by atoms with Gasteiger partial charge in [0.25, 0.3) is 0 Å². The fraction of sp³-hybridized carbons (Fsp3) is 0.286. The maximum atomic E-state index is 13.3. The molecule has 8 nitrogen and oxygen atoms in total. The van der Waals surface area contributed by atoms with Crippen LogP contribution in [-0.4, -0.2) is 43.0 Å². The van der Waals surface area contributed by atoms with Crippen LogP contribution in [0, 0.1) is 0 Å². The molecule has 2 aromatic heterocycles. The highest BCUT2D eigenvalue weighted by Crippen LogP contribution is 2.54. The minimum atomic E-state index is -0.800. The van der Waals surface area contributed by atoms with Gasteiger partial charge in [0.15, 0.2) is 0 Å². The van der Waals surface area contributed by atoms with Crippen molar-refractivity contribution in [3.8, 4) is 0 Å². The molecule has 1 saturated heterocycles. The van der Waals surface area contributed by atoms with Gasteiger partial charge in [-0.3, -0.25) is 14.6 Å². The average molecular weight is 388 g/mol. The van der Waals surface area contributed by atoms with Crippen LogP contribution >= 0.6 is 0 Å². The highest BCUT2D eigenvalue weighted by Gasteiger charge is 2.59. The van der Waals surface area contributed by atoms with Crippen molar-refractivity contribution in [2.45, 2.75) is 30.8 Å². The lowest BCUT2D eigenvalue weighted by atomic mass is 9.73. The number of rotatable bonds is 4. The number of fused-ring (bicyclic) bond motifs is 2. The molecule has 0 bridgehead atoms. The molecule has 2 amide bonds. The van der Waals surface area contributed by atoms with Crippen molar-refractivity contribution in [1.29, 1.82) is 0 Å². The maximum absolute atomic E-state index is 13.3. The van der Waals surface area contributed by atoms with E-state index in [1.165, 1.54) is 0 Å². The van der Waals surface area contributed by atoms with Gasteiger partial charge in [0.2, 0.25) is 11.8 Å². The Kier molecular flexibility index (Phi) is 4.12. The molecule has 0 radical (unpaired) electrons. The summed E-state index contributed by atoms with van der Waals surface area (Å²) in [5.41, 5.74) is 1.85. The molecular formula is C21H20N6O2. The number of hydrogen-bond acceptors (Lipinski definition) is 5. The van der Waals surface area contributed by atoms with Crippen LogP contribution in [0.15, 0.2) is 61.4 Å². The number of amides is 2. The van der Waals surface area contributed by atoms with E-state index in [0.717, 1.165) is 16.8 Å². The summed E-state index contributed by atoms with van der Waals surface area (Å²) in [7, 11) is 0. The molecule has 2 atom stereocenters. The average Bonchev–Trinajstić information content (AvgIpc) is 3.47. The van der Waals surface area contributed by atoms with Crippen molar-refractivity contribution >= 4 is 17.5 Å². The molecule has 1 spiro atoms. The van der Waals surface area contributed by atoms with Crippen LogP contribution in [0.25, 0.3) is 0 Å². The molecule has 2 aliphatic rings. The summed E-state index contributed by atoms with van der Waals surface area (Å²) < 4.78 is 1.78. The summed E-state index contributed by atoms with van der Waals surface area (Å²) in [6.07, 6.45) is 7.54. The van der Waals surface area contributed by atoms with Crippen LogP contribution in [0.1, 0.15) is 30.0 Å². The Bertz CT molecular complexity index is 1050. The molecule has 3 aromatic rings. The Balaban J connectivity index is 1.54. The molecule has 1 N–H and O–H groups in total. The molecule has 29 heavy (non-hydrogen) atoms. The number of nitrogens with one attached hydrogen (secondary N) is 1. The molecule has 0 aliphatic carbocycles. The normalized spacial score (nSPS) is 22.7. The first-order valence-corrected chi connectivity index (χ1v) is 9.63. The maximum Gasteiger partial charge on any atom is 0.237 e. The topological polar surface area (TPSA) is 93.0 Å². The third kappa shape index (κ3) is 2.71. The second-order valence-corrected chi connectivity index (χ2v) is 7.45. The summed E-state index contributed by atoms with van der Waals surface area (Å²) in [4.78, 5) is 32.6. The zero-order valence-electron chi connectivity index (χ0n) is 15.7. The minimum Gasteiger partial charge on any atom is -0.334 e. The summed E-state index contributed by atoms with van der Waals surface area (Å²) >= 11 is 0. The predicted molar refractivity (Wildman–Crippen MR) is 105 cm³/mol. The van der Waals surface area contributed by atoms with E-state index in [0.29, 0.717) is 25.9 Å². The third-order valence-electron chi connectivity index (χ3n) is 5.96. The molecule has 2 aliphatic heterocycles. The second kappa shape index (κ2) is 6.80. The predicted octanol–water partition coefficient (Wildman–Crippen LogP) is 1.93. The van der Waals surface area contributed by atoms with Gasteiger partial charge in [-0.05, 0) is 29.7 Å². The number of pyridine rings is 1. The van der Waals surface area contributed by atoms with E-state index >= 15 is 0 Å². The minimum absolute atomic E-state index is 0.00149. The molecule has 1 aromatic carbocycles. The van der Waals surface area contributed by atoms with Crippen molar-refractivity contribution in [2.24, 2.45) is 0 Å². The summed E-state index contributed by atoms with van der Waals surface area (Å²) in [6, 6.07) is 11.2. The molecule has 0 saturated carbocycles. The SMILES string of the molecule is O=C(CCn1cnnc1)N1CCC2(C(=O)Nc3ccccc32)C1c1cccnc1. The molecular weight excluding hydrogens is 368 g/mol. The first-order chi connectivity index (χ1) is 14.2. The van der Waals surface area contributed by atoms with Crippen molar-refractivity contribution < 1.29 is 9.59 Å². The molecule has 8 heteroatoms. The Morgan fingerprint density at radius 1 is 1.17 bits per heavy atom. The lowest BCUT2D eigenvalue weighted by molar-refractivity contribution is -0.133. The quantitative estimate of drug-likeness (QED) is 0.737. The van der Waals surface area contributed by atoms with Crippen LogP contribution in [-0.2, 0) is 21.5 Å². The van der Waals surface area contributed by atoms with Crippen molar-refractivity contribution in [1.82, 2.24) is 24.6 Å². The van der Waals surface area contributed by atoms with E-state index in [9.17, 15) is 9.59 Å². The number of anilines is 1. The van der Waals surface area contributed by atoms with E-state index in [2.05, 4.69) is 20.5 Å². The Morgan fingerprint density at radius 3 is 2.79 bits per heavy atom. The highest BCUT2D eigenvalue weighted by atomic mass is 16.2. The largest absolute Gasteiger partial charge is 0.334 e. The smallest absolute Gasteiger partial charge is 0.237 e. The molecule has 5 rings (SSSR count). The molecule has 2 unspecified atom stereocenters. The van der Waals surface area contributed by atoms with Crippen LogP contribution in [0.4, 0.5) is 5.69 Å². The zero-order chi connectivity index (χ0) is 19.8. The fourth-order valence-electron chi connectivity index (χ4n) is 4.66. The fourth-order valence-corrected chi connectivity index (χ4v) is 4.66. The van der Waals surface area contributed by atoms with Crippen molar-refractivity contribution in [2.75, 3.05) is 11.9 Å². The van der Waals surface area contributed by atoms with E-state index in [1.54, 1.807) is 29.6 Å². The second-order valence-electron chi connectivity index (χ2n) is 7.45. The number of carbonyl (C=O) groups excluding carboxylic acids is 2. The van der Waals surface area contributed by atoms with Gasteiger partial charge in [0.1, 0.15) is 18.1 Å². The van der Waals surface area contributed by atoms with E-state index in [-0.39, 0.29) is 11.8 Å². The Labute approximate surface area is 167 Å². The van der Waals surface area contributed by atoms with Gasteiger partial charge in [-0.1, -0.05) is 24.3 Å². The van der Waals surface area contributed by atoms with Crippen LogP contribution in [0.3, 0.4) is 0 Å². The Hall–Kier alpha value is -3.55. The van der Waals surface area contributed by atoms with Gasteiger partial charge in [0.05, 0.1) is 6.04 Å². The molecule has 1 fully saturated rings. The summed E-state index contributed by atoms with van der Waals surface area (Å²) in [6.45, 7) is 1.01. The van der Waals surface area contributed by atoms with E-state index < -0.39 is 11.5 Å². The number of hydrogen-bond donors (Lipinski definition) is 1. The van der Waals surface area contributed by atoms with E-state index in [4.69, 9.17) is 0 Å². The molecule has 146 valence electrons. The Morgan fingerprint density at radius 2 is 2.00 bits per heavy atom. The highest BCUT2D eigenvalue weighted by molar-refractivity contribution is 6.07. The zero-order valence-corrected chi connectivity index (χ0v) is 15.7. The van der Waals surface area contributed by atoms with Gasteiger partial charge in [-0.2, -0.15) is 0 Å². The van der Waals surface area contributed by atoms with Crippen molar-refractivity contribution in [3.63, 3.8) is 0 Å². The number of nitrogens with zero attached hydrogens (tertiary/aromatic N) is 5. The van der Waals surface area contributed by atoms with Gasteiger partial charge < -0.3 is 14.8 Å². The van der Waals surface area contributed by atoms with Crippen LogP contribution in [0.2, 0.25) is 0 Å². The molecule has 4 heterocycles. The monoisotopic (exact) mass is 388 g/mol. The number of likely N-dealkylation sites (tertiary alicyclic amines) is 1. The first kappa shape index (κ1) is 17.5. The standard InChI is InChI=1S/C21H20N6O2/c28-18(7-10-26-13-23-24-14-26)27-11-8-21(19(27)15-4-3-9-22-12-15)16-5-1-2-6-17(16)25-20(21)29/h1-6,9,12-14,19H,7-8,10-11H2,(H,25,29). The van der Waals surface area contributed by atoms with Crippen LogP contribution in [0.5, 0.6) is 0 Å².